The van der Waals surface area contributed by atoms with Gasteiger partial charge in [-0.2, -0.15) is 0 Å². The third-order valence-corrected chi connectivity index (χ3v) is 7.96. The average Bonchev–Trinajstić information content (AvgIpc) is 3.04. The SMILES string of the molecule is CCOc1cc(/C=C2\C(=O)N(c3ccc(C)cc3)C(=O)N(c3cccc4ccccc34)C2=O)ccc1OCc1ccc(Br)cc1. The number of halogens is 1. The fraction of sp³-hybridized carbons (Fsp3) is 0.108. The first kappa shape index (κ1) is 29.8. The number of benzene rings is 5. The molecule has 0 N–H and O–H groups in total. The Bertz CT molecular complexity index is 1950. The van der Waals surface area contributed by atoms with E-state index in [9.17, 15) is 14.4 Å². The molecule has 0 spiro atoms. The Hall–Kier alpha value is -5.21. The topological polar surface area (TPSA) is 76.2 Å². The number of urea groups is 1. The molecule has 5 aromatic rings. The zero-order valence-corrected chi connectivity index (χ0v) is 26.3. The molecule has 6 rings (SSSR count). The van der Waals surface area contributed by atoms with Crippen LogP contribution in [0.4, 0.5) is 16.2 Å². The van der Waals surface area contributed by atoms with Crippen molar-refractivity contribution in [3.63, 3.8) is 0 Å². The van der Waals surface area contributed by atoms with Crippen molar-refractivity contribution < 1.29 is 23.9 Å². The molecule has 0 aromatic heterocycles. The molecule has 1 saturated heterocycles. The van der Waals surface area contributed by atoms with Crippen molar-refractivity contribution in [1.82, 2.24) is 0 Å². The lowest BCUT2D eigenvalue weighted by atomic mass is 10.0. The summed E-state index contributed by atoms with van der Waals surface area (Å²) in [5, 5.41) is 1.57. The van der Waals surface area contributed by atoms with E-state index in [1.165, 1.54) is 6.08 Å². The smallest absolute Gasteiger partial charge is 0.343 e. The van der Waals surface area contributed by atoms with Gasteiger partial charge in [0, 0.05) is 9.86 Å². The molecule has 4 amide bonds. The van der Waals surface area contributed by atoms with Crippen LogP contribution in [0.15, 0.2) is 119 Å². The van der Waals surface area contributed by atoms with Crippen molar-refractivity contribution in [3.05, 3.63) is 136 Å². The van der Waals surface area contributed by atoms with E-state index in [2.05, 4.69) is 15.9 Å². The predicted octanol–water partition coefficient (Wildman–Crippen LogP) is 8.47. The maximum atomic E-state index is 14.1. The molecular formula is C37H29BrN2O5. The maximum Gasteiger partial charge on any atom is 0.343 e. The summed E-state index contributed by atoms with van der Waals surface area (Å²) in [6.07, 6.45) is 1.50. The number of carbonyl (C=O) groups is 3. The number of nitrogens with zero attached hydrogens (tertiary/aromatic N) is 2. The lowest BCUT2D eigenvalue weighted by Gasteiger charge is -2.34. The Morgan fingerprint density at radius 1 is 0.733 bits per heavy atom. The van der Waals surface area contributed by atoms with Crippen LogP contribution in [0, 0.1) is 6.92 Å². The van der Waals surface area contributed by atoms with Gasteiger partial charge in [-0.05, 0) is 78.9 Å². The van der Waals surface area contributed by atoms with Gasteiger partial charge in [0.15, 0.2) is 11.5 Å². The molecule has 0 radical (unpaired) electrons. The first-order valence-corrected chi connectivity index (χ1v) is 15.3. The summed E-state index contributed by atoms with van der Waals surface area (Å²) in [5.41, 5.74) is 3.10. The van der Waals surface area contributed by atoms with Crippen LogP contribution in [0.5, 0.6) is 11.5 Å². The second-order valence-corrected chi connectivity index (χ2v) is 11.4. The first-order valence-electron chi connectivity index (χ1n) is 14.5. The fourth-order valence-electron chi connectivity index (χ4n) is 5.18. The monoisotopic (exact) mass is 660 g/mol. The molecule has 0 atom stereocenters. The normalized spacial score (nSPS) is 14.4. The largest absolute Gasteiger partial charge is 0.490 e. The van der Waals surface area contributed by atoms with E-state index in [0.29, 0.717) is 47.0 Å². The van der Waals surface area contributed by atoms with Crippen LogP contribution < -0.4 is 19.3 Å². The van der Waals surface area contributed by atoms with Crippen molar-refractivity contribution in [2.75, 3.05) is 16.4 Å². The number of rotatable bonds is 8. The molecular weight excluding hydrogens is 632 g/mol. The summed E-state index contributed by atoms with van der Waals surface area (Å²) in [7, 11) is 0. The lowest BCUT2D eigenvalue weighted by molar-refractivity contribution is -0.121. The number of hydrogen-bond acceptors (Lipinski definition) is 5. The molecule has 0 unspecified atom stereocenters. The van der Waals surface area contributed by atoms with E-state index in [1.807, 2.05) is 80.6 Å². The summed E-state index contributed by atoms with van der Waals surface area (Å²) in [4.78, 5) is 44.2. The average molecular weight is 662 g/mol. The third-order valence-electron chi connectivity index (χ3n) is 7.44. The van der Waals surface area contributed by atoms with Gasteiger partial charge < -0.3 is 9.47 Å². The summed E-state index contributed by atoms with van der Waals surface area (Å²) in [6.45, 7) is 4.50. The van der Waals surface area contributed by atoms with Crippen molar-refractivity contribution in [2.45, 2.75) is 20.5 Å². The van der Waals surface area contributed by atoms with Gasteiger partial charge in [-0.3, -0.25) is 9.59 Å². The van der Waals surface area contributed by atoms with Crippen molar-refractivity contribution in [1.29, 1.82) is 0 Å². The zero-order valence-electron chi connectivity index (χ0n) is 24.7. The lowest BCUT2D eigenvalue weighted by Crippen LogP contribution is -2.57. The van der Waals surface area contributed by atoms with Crippen LogP contribution in [0.25, 0.3) is 16.8 Å². The molecule has 5 aromatic carbocycles. The summed E-state index contributed by atoms with van der Waals surface area (Å²) >= 11 is 3.44. The van der Waals surface area contributed by atoms with Crippen molar-refractivity contribution >= 4 is 62.0 Å². The number of fused-ring (bicyclic) bond motifs is 1. The highest BCUT2D eigenvalue weighted by Crippen LogP contribution is 2.35. The van der Waals surface area contributed by atoms with Gasteiger partial charge in [-0.1, -0.05) is 88.2 Å². The number of aryl methyl sites for hydroxylation is 1. The number of barbiturate groups is 1. The Morgan fingerprint density at radius 3 is 2.20 bits per heavy atom. The number of amides is 4. The van der Waals surface area contributed by atoms with E-state index in [1.54, 1.807) is 42.5 Å². The molecule has 45 heavy (non-hydrogen) atoms. The second kappa shape index (κ2) is 12.8. The van der Waals surface area contributed by atoms with Crippen LogP contribution in [0.3, 0.4) is 0 Å². The summed E-state index contributed by atoms with van der Waals surface area (Å²) < 4.78 is 12.9. The number of carbonyl (C=O) groups excluding carboxylic acids is 3. The van der Waals surface area contributed by atoms with Crippen LogP contribution in [-0.4, -0.2) is 24.5 Å². The van der Waals surface area contributed by atoms with Crippen LogP contribution in [0.2, 0.25) is 0 Å². The Balaban J connectivity index is 1.41. The Kier molecular flexibility index (Phi) is 8.49. The minimum absolute atomic E-state index is 0.158. The van der Waals surface area contributed by atoms with Gasteiger partial charge in [0.05, 0.1) is 18.0 Å². The molecule has 8 heteroatoms. The summed E-state index contributed by atoms with van der Waals surface area (Å²) in [5.74, 6) is -0.425. The van der Waals surface area contributed by atoms with Gasteiger partial charge in [0.1, 0.15) is 12.2 Å². The van der Waals surface area contributed by atoms with E-state index in [-0.39, 0.29) is 5.57 Å². The summed E-state index contributed by atoms with van der Waals surface area (Å²) in [6, 6.07) is 32.2. The van der Waals surface area contributed by atoms with E-state index >= 15 is 0 Å². The first-order chi connectivity index (χ1) is 21.8. The highest BCUT2D eigenvalue weighted by molar-refractivity contribution is 9.10. The molecule has 1 aliphatic heterocycles. The minimum Gasteiger partial charge on any atom is -0.490 e. The highest BCUT2D eigenvalue weighted by atomic mass is 79.9. The molecule has 224 valence electrons. The molecule has 0 bridgehead atoms. The van der Waals surface area contributed by atoms with Gasteiger partial charge in [0.2, 0.25) is 0 Å². The van der Waals surface area contributed by atoms with E-state index < -0.39 is 17.8 Å². The van der Waals surface area contributed by atoms with Gasteiger partial charge in [0.25, 0.3) is 11.8 Å². The van der Waals surface area contributed by atoms with Gasteiger partial charge in [-0.15, -0.1) is 0 Å². The predicted molar refractivity (Wildman–Crippen MR) is 180 cm³/mol. The second-order valence-electron chi connectivity index (χ2n) is 10.5. The Labute approximate surface area is 269 Å². The zero-order chi connectivity index (χ0) is 31.5. The van der Waals surface area contributed by atoms with Gasteiger partial charge in [-0.25, -0.2) is 14.6 Å². The van der Waals surface area contributed by atoms with Crippen LogP contribution in [-0.2, 0) is 16.2 Å². The van der Waals surface area contributed by atoms with Crippen molar-refractivity contribution in [3.8, 4) is 11.5 Å². The molecule has 0 aliphatic carbocycles. The molecule has 1 heterocycles. The number of anilines is 2. The number of imide groups is 2. The highest BCUT2D eigenvalue weighted by Gasteiger charge is 2.44. The van der Waals surface area contributed by atoms with E-state index in [0.717, 1.165) is 30.8 Å². The standard InChI is InChI=1S/C37H29BrN2O5/c1-3-44-34-22-26(15-20-33(34)45-23-25-13-16-28(38)17-14-25)21-31-35(41)39(29-18-11-24(2)12-19-29)37(43)40(36(31)42)32-10-6-8-27-7-4-5-9-30(27)32/h4-22H,3,23H2,1-2H3/b31-21+. The molecule has 7 nitrogen and oxygen atoms in total. The minimum atomic E-state index is -0.742. The molecule has 0 saturated carbocycles. The Morgan fingerprint density at radius 2 is 1.44 bits per heavy atom. The van der Waals surface area contributed by atoms with Crippen LogP contribution in [0.1, 0.15) is 23.6 Å². The quantitative estimate of drug-likeness (QED) is 0.123. The van der Waals surface area contributed by atoms with Gasteiger partial charge >= 0.3 is 6.03 Å². The third kappa shape index (κ3) is 6.10. The number of hydrogen-bond donors (Lipinski definition) is 0. The van der Waals surface area contributed by atoms with E-state index in [4.69, 9.17) is 9.47 Å². The number of ether oxygens (including phenoxy) is 2. The van der Waals surface area contributed by atoms with Crippen LogP contribution >= 0.6 is 15.9 Å². The molecule has 1 fully saturated rings. The molecule has 1 aliphatic rings. The maximum absolute atomic E-state index is 14.1. The van der Waals surface area contributed by atoms with Crippen molar-refractivity contribution in [2.24, 2.45) is 0 Å². The fourth-order valence-corrected chi connectivity index (χ4v) is 5.44.